The number of carbonyl (C=O) groups excluding carboxylic acids is 2. The second-order valence-electron chi connectivity index (χ2n) is 7.82. The van der Waals surface area contributed by atoms with Gasteiger partial charge in [-0.05, 0) is 24.3 Å². The SMILES string of the molecule is COC(=O)Cc1csc(NC(=O)CCc2oc(-n3cnc4ccccc43)nc2-c2ccc(Cl)cc2)n1. The summed E-state index contributed by atoms with van der Waals surface area (Å²) in [5.41, 5.74) is 3.67. The molecule has 0 aliphatic carbocycles. The van der Waals surface area contributed by atoms with Gasteiger partial charge in [0.1, 0.15) is 17.8 Å². The van der Waals surface area contributed by atoms with E-state index in [-0.39, 0.29) is 24.7 Å². The number of benzene rings is 2. The Balaban J connectivity index is 1.36. The Kier molecular flexibility index (Phi) is 6.79. The number of oxazole rings is 1. The van der Waals surface area contributed by atoms with Crippen molar-refractivity contribution in [3.8, 4) is 17.3 Å². The maximum Gasteiger partial charge on any atom is 0.311 e. The molecule has 0 saturated carbocycles. The Labute approximate surface area is 214 Å². The molecule has 0 aliphatic heterocycles. The molecule has 0 saturated heterocycles. The first-order chi connectivity index (χ1) is 17.5. The number of halogens is 1. The number of imidazole rings is 1. The van der Waals surface area contributed by atoms with Gasteiger partial charge in [-0.15, -0.1) is 11.3 Å². The summed E-state index contributed by atoms with van der Waals surface area (Å²) in [5, 5.41) is 5.51. The molecule has 0 radical (unpaired) electrons. The summed E-state index contributed by atoms with van der Waals surface area (Å²) in [6, 6.07) is 15.3. The molecule has 36 heavy (non-hydrogen) atoms. The predicted molar refractivity (Wildman–Crippen MR) is 136 cm³/mol. The number of esters is 1. The molecule has 0 spiro atoms. The van der Waals surface area contributed by atoms with Gasteiger partial charge in [-0.25, -0.2) is 9.97 Å². The molecular weight excluding hydrogens is 502 g/mol. The lowest BCUT2D eigenvalue weighted by atomic mass is 10.1. The third-order valence-electron chi connectivity index (χ3n) is 5.39. The van der Waals surface area contributed by atoms with E-state index in [0.29, 0.717) is 39.7 Å². The number of hydrogen-bond donors (Lipinski definition) is 1. The van der Waals surface area contributed by atoms with E-state index >= 15 is 0 Å². The maximum absolute atomic E-state index is 12.6. The monoisotopic (exact) mass is 521 g/mol. The summed E-state index contributed by atoms with van der Waals surface area (Å²) in [7, 11) is 1.32. The van der Waals surface area contributed by atoms with Crippen molar-refractivity contribution in [1.29, 1.82) is 0 Å². The van der Waals surface area contributed by atoms with Crippen LogP contribution in [0.1, 0.15) is 17.9 Å². The van der Waals surface area contributed by atoms with E-state index in [4.69, 9.17) is 21.0 Å². The molecule has 11 heteroatoms. The van der Waals surface area contributed by atoms with Crippen LogP contribution in [0.4, 0.5) is 5.13 Å². The van der Waals surface area contributed by atoms with Gasteiger partial charge >= 0.3 is 12.0 Å². The number of carbonyl (C=O) groups is 2. The van der Waals surface area contributed by atoms with Gasteiger partial charge in [-0.3, -0.25) is 14.2 Å². The molecule has 0 unspecified atom stereocenters. The van der Waals surface area contributed by atoms with Gasteiger partial charge in [-0.1, -0.05) is 35.9 Å². The third kappa shape index (κ3) is 5.14. The zero-order chi connectivity index (χ0) is 25.1. The number of hydrogen-bond acceptors (Lipinski definition) is 8. The number of nitrogens with zero attached hydrogens (tertiary/aromatic N) is 4. The number of nitrogens with one attached hydrogen (secondary N) is 1. The first-order valence-corrected chi connectivity index (χ1v) is 12.2. The molecular formula is C25H20ClN5O4S. The van der Waals surface area contributed by atoms with E-state index in [9.17, 15) is 9.59 Å². The fraction of sp³-hybridized carbons (Fsp3) is 0.160. The van der Waals surface area contributed by atoms with Gasteiger partial charge in [0, 0.05) is 28.8 Å². The van der Waals surface area contributed by atoms with Gasteiger partial charge < -0.3 is 14.5 Å². The highest BCUT2D eigenvalue weighted by atomic mass is 35.5. The largest absolute Gasteiger partial charge is 0.469 e. The Hall–Kier alpha value is -4.02. The van der Waals surface area contributed by atoms with Gasteiger partial charge in [0.15, 0.2) is 5.13 Å². The molecule has 0 bridgehead atoms. The third-order valence-corrected chi connectivity index (χ3v) is 6.45. The van der Waals surface area contributed by atoms with Crippen molar-refractivity contribution < 1.29 is 18.7 Å². The highest BCUT2D eigenvalue weighted by molar-refractivity contribution is 7.13. The Morgan fingerprint density at radius 3 is 2.75 bits per heavy atom. The minimum absolute atomic E-state index is 0.0527. The molecule has 0 fully saturated rings. The highest BCUT2D eigenvalue weighted by Gasteiger charge is 2.19. The highest BCUT2D eigenvalue weighted by Crippen LogP contribution is 2.29. The number of amides is 1. The molecule has 3 heterocycles. The van der Waals surface area contributed by atoms with Crippen molar-refractivity contribution in [3.63, 3.8) is 0 Å². The Morgan fingerprint density at radius 2 is 1.94 bits per heavy atom. The van der Waals surface area contributed by atoms with Gasteiger partial charge in [-0.2, -0.15) is 4.98 Å². The second-order valence-corrected chi connectivity index (χ2v) is 9.12. The summed E-state index contributed by atoms with van der Waals surface area (Å²) in [5.74, 6) is -0.0625. The van der Waals surface area contributed by atoms with Crippen LogP contribution < -0.4 is 5.32 Å². The lowest BCUT2D eigenvalue weighted by Gasteiger charge is -2.03. The Morgan fingerprint density at radius 1 is 1.14 bits per heavy atom. The molecule has 0 atom stereocenters. The molecule has 9 nitrogen and oxygen atoms in total. The minimum Gasteiger partial charge on any atom is -0.469 e. The van der Waals surface area contributed by atoms with Gasteiger partial charge in [0.25, 0.3) is 0 Å². The van der Waals surface area contributed by atoms with E-state index in [0.717, 1.165) is 16.6 Å². The van der Waals surface area contributed by atoms with Crippen LogP contribution in [0.15, 0.2) is 64.7 Å². The predicted octanol–water partition coefficient (Wildman–Crippen LogP) is 5.08. The van der Waals surface area contributed by atoms with E-state index < -0.39 is 0 Å². The number of ether oxygens (including phenoxy) is 1. The number of fused-ring (bicyclic) bond motifs is 1. The Bertz CT molecular complexity index is 1540. The molecule has 5 rings (SSSR count). The molecule has 2 aromatic carbocycles. The maximum atomic E-state index is 12.6. The molecule has 182 valence electrons. The van der Waals surface area contributed by atoms with Crippen LogP contribution >= 0.6 is 22.9 Å². The van der Waals surface area contributed by atoms with Crippen LogP contribution in [-0.4, -0.2) is 38.5 Å². The van der Waals surface area contributed by atoms with E-state index in [1.807, 2.05) is 36.4 Å². The van der Waals surface area contributed by atoms with Crippen molar-refractivity contribution in [2.24, 2.45) is 0 Å². The number of methoxy groups -OCH3 is 1. The fourth-order valence-electron chi connectivity index (χ4n) is 3.63. The van der Waals surface area contributed by atoms with Gasteiger partial charge in [0.2, 0.25) is 5.91 Å². The number of aryl methyl sites for hydroxylation is 1. The normalized spacial score (nSPS) is 11.1. The van der Waals surface area contributed by atoms with Crippen molar-refractivity contribution in [2.45, 2.75) is 19.3 Å². The molecule has 1 N–H and O–H groups in total. The van der Waals surface area contributed by atoms with Crippen LogP contribution in [0.25, 0.3) is 28.3 Å². The lowest BCUT2D eigenvalue weighted by molar-refractivity contribution is -0.139. The molecule has 0 aliphatic rings. The quantitative estimate of drug-likeness (QED) is 0.283. The van der Waals surface area contributed by atoms with Crippen LogP contribution in [0, 0.1) is 0 Å². The molecule has 3 aromatic heterocycles. The van der Waals surface area contributed by atoms with Crippen molar-refractivity contribution in [3.05, 3.63) is 76.7 Å². The lowest BCUT2D eigenvalue weighted by Crippen LogP contribution is -2.12. The number of anilines is 1. The first kappa shape index (κ1) is 23.7. The molecule has 1 amide bonds. The average molecular weight is 522 g/mol. The van der Waals surface area contributed by atoms with Crippen LogP contribution in [-0.2, 0) is 27.2 Å². The zero-order valence-electron chi connectivity index (χ0n) is 19.1. The minimum atomic E-state index is -0.389. The second kappa shape index (κ2) is 10.3. The van der Waals surface area contributed by atoms with Crippen molar-refractivity contribution in [2.75, 3.05) is 12.4 Å². The number of aromatic nitrogens is 4. The summed E-state index contributed by atoms with van der Waals surface area (Å²) in [6.45, 7) is 0. The topological polar surface area (TPSA) is 112 Å². The van der Waals surface area contributed by atoms with E-state index in [1.54, 1.807) is 28.4 Å². The molecule has 5 aromatic rings. The van der Waals surface area contributed by atoms with Crippen LogP contribution in [0.5, 0.6) is 0 Å². The van der Waals surface area contributed by atoms with Crippen LogP contribution in [0.2, 0.25) is 5.02 Å². The summed E-state index contributed by atoms with van der Waals surface area (Å²) >= 11 is 7.32. The van der Waals surface area contributed by atoms with Crippen molar-refractivity contribution >= 4 is 51.0 Å². The summed E-state index contributed by atoms with van der Waals surface area (Å²) in [6.07, 6.45) is 2.17. The first-order valence-electron chi connectivity index (χ1n) is 11.0. The van der Waals surface area contributed by atoms with E-state index in [1.165, 1.54) is 18.4 Å². The average Bonchev–Trinajstić information content (AvgIpc) is 3.61. The van der Waals surface area contributed by atoms with E-state index in [2.05, 4.69) is 20.0 Å². The zero-order valence-corrected chi connectivity index (χ0v) is 20.7. The van der Waals surface area contributed by atoms with Gasteiger partial charge in [0.05, 0.1) is 30.3 Å². The number of para-hydroxylation sites is 2. The summed E-state index contributed by atoms with van der Waals surface area (Å²) < 4.78 is 12.6. The fourth-order valence-corrected chi connectivity index (χ4v) is 4.48. The smallest absolute Gasteiger partial charge is 0.311 e. The van der Waals surface area contributed by atoms with Crippen LogP contribution in [0.3, 0.4) is 0 Å². The summed E-state index contributed by atoms with van der Waals surface area (Å²) in [4.78, 5) is 37.5. The standard InChI is InChI=1S/C25H20ClN5O4S/c1-34-22(33)12-17-13-36-24(28-17)29-21(32)11-10-20-23(15-6-8-16(26)9-7-15)30-25(35-20)31-14-27-18-4-2-3-5-19(18)31/h2-9,13-14H,10-12H2,1H3,(H,28,29,32). The van der Waals surface area contributed by atoms with Crippen molar-refractivity contribution in [1.82, 2.24) is 19.5 Å². The number of rotatable bonds is 8. The number of thiazole rings is 1.